The highest BCUT2D eigenvalue weighted by Gasteiger charge is 2.33. The van der Waals surface area contributed by atoms with Crippen LogP contribution in [0.3, 0.4) is 0 Å². The molecule has 2 aliphatic rings. The molecule has 1 saturated heterocycles. The van der Waals surface area contributed by atoms with Crippen molar-refractivity contribution in [3.8, 4) is 5.75 Å². The number of hydrogen-bond donors (Lipinski definition) is 1. The lowest BCUT2D eigenvalue weighted by Crippen LogP contribution is -2.27. The van der Waals surface area contributed by atoms with Gasteiger partial charge in [0.1, 0.15) is 11.4 Å². The van der Waals surface area contributed by atoms with Crippen molar-refractivity contribution in [3.63, 3.8) is 0 Å². The van der Waals surface area contributed by atoms with E-state index in [0.29, 0.717) is 5.37 Å². The van der Waals surface area contributed by atoms with Gasteiger partial charge in [-0.25, -0.2) is 0 Å². The van der Waals surface area contributed by atoms with Crippen LogP contribution >= 0.6 is 11.8 Å². The van der Waals surface area contributed by atoms with E-state index in [0.717, 1.165) is 18.7 Å². The fourth-order valence-corrected chi connectivity index (χ4v) is 3.76. The van der Waals surface area contributed by atoms with Gasteiger partial charge in [-0.3, -0.25) is 0 Å². The Bertz CT molecular complexity index is 424. The molecule has 2 aliphatic heterocycles. The molecular formula is C14H19NOS. The molecule has 0 amide bonds. The van der Waals surface area contributed by atoms with Gasteiger partial charge in [0.25, 0.3) is 0 Å². The average molecular weight is 249 g/mol. The van der Waals surface area contributed by atoms with Crippen LogP contribution in [0.25, 0.3) is 0 Å². The van der Waals surface area contributed by atoms with E-state index in [1.165, 1.54) is 23.3 Å². The summed E-state index contributed by atoms with van der Waals surface area (Å²) in [4.78, 5) is 0. The molecule has 1 aromatic rings. The van der Waals surface area contributed by atoms with Gasteiger partial charge in [-0.05, 0) is 38.1 Å². The third-order valence-electron chi connectivity index (χ3n) is 3.34. The number of benzene rings is 1. The molecule has 2 nitrogen and oxygen atoms in total. The largest absolute Gasteiger partial charge is 0.487 e. The molecule has 0 spiro atoms. The van der Waals surface area contributed by atoms with E-state index in [-0.39, 0.29) is 5.60 Å². The lowest BCUT2D eigenvalue weighted by atomic mass is 10.0. The second kappa shape index (κ2) is 4.21. The second-order valence-electron chi connectivity index (χ2n) is 5.43. The summed E-state index contributed by atoms with van der Waals surface area (Å²) in [5.74, 6) is 2.37. The fraction of sp³-hybridized carbons (Fsp3) is 0.571. The number of ether oxygens (including phenoxy) is 1. The highest BCUT2D eigenvalue weighted by molar-refractivity contribution is 7.99. The van der Waals surface area contributed by atoms with Gasteiger partial charge in [0.05, 0.1) is 5.37 Å². The summed E-state index contributed by atoms with van der Waals surface area (Å²) in [7, 11) is 0. The van der Waals surface area contributed by atoms with Crippen molar-refractivity contribution in [2.75, 3.05) is 12.3 Å². The molecule has 92 valence electrons. The molecule has 17 heavy (non-hydrogen) atoms. The maximum Gasteiger partial charge on any atom is 0.129 e. The molecule has 0 radical (unpaired) electrons. The van der Waals surface area contributed by atoms with Crippen molar-refractivity contribution in [2.24, 2.45) is 0 Å². The van der Waals surface area contributed by atoms with Crippen LogP contribution in [0.15, 0.2) is 18.2 Å². The third kappa shape index (κ3) is 2.18. The van der Waals surface area contributed by atoms with Crippen LogP contribution < -0.4 is 10.1 Å². The second-order valence-corrected chi connectivity index (χ2v) is 6.65. The van der Waals surface area contributed by atoms with Crippen LogP contribution in [-0.2, 0) is 6.42 Å². The highest BCUT2D eigenvalue weighted by Crippen LogP contribution is 2.43. The minimum absolute atomic E-state index is 0.0439. The van der Waals surface area contributed by atoms with Gasteiger partial charge in [-0.2, -0.15) is 0 Å². The smallest absolute Gasteiger partial charge is 0.129 e. The standard InChI is InChI=1S/C14H19NOS/c1-14(2)9-10-5-3-6-11(12(10)16-14)13-15-7-4-8-17-13/h3,5-6,13,15H,4,7-9H2,1-2H3. The van der Waals surface area contributed by atoms with Gasteiger partial charge in [0.2, 0.25) is 0 Å². The van der Waals surface area contributed by atoms with E-state index in [1.54, 1.807) is 0 Å². The molecule has 3 heteroatoms. The maximum absolute atomic E-state index is 6.13. The van der Waals surface area contributed by atoms with Crippen LogP contribution in [0.2, 0.25) is 0 Å². The number of rotatable bonds is 1. The summed E-state index contributed by atoms with van der Waals surface area (Å²) < 4.78 is 6.13. The van der Waals surface area contributed by atoms with Crippen molar-refractivity contribution in [1.29, 1.82) is 0 Å². The molecule has 2 heterocycles. The van der Waals surface area contributed by atoms with Gasteiger partial charge < -0.3 is 10.1 Å². The summed E-state index contributed by atoms with van der Waals surface area (Å²) in [6, 6.07) is 6.56. The van der Waals surface area contributed by atoms with E-state index in [2.05, 4.69) is 37.4 Å². The van der Waals surface area contributed by atoms with Crippen molar-refractivity contribution in [3.05, 3.63) is 29.3 Å². The number of hydrogen-bond acceptors (Lipinski definition) is 3. The predicted molar refractivity (Wildman–Crippen MR) is 72.7 cm³/mol. The van der Waals surface area contributed by atoms with Crippen molar-refractivity contribution in [2.45, 2.75) is 37.7 Å². The predicted octanol–water partition coefficient (Wildman–Crippen LogP) is 3.13. The molecule has 0 aliphatic carbocycles. The number of fused-ring (bicyclic) bond motifs is 1. The number of thioether (sulfide) groups is 1. The normalized spacial score (nSPS) is 26.4. The lowest BCUT2D eigenvalue weighted by Gasteiger charge is -2.26. The minimum Gasteiger partial charge on any atom is -0.487 e. The first kappa shape index (κ1) is 11.4. The van der Waals surface area contributed by atoms with Crippen LogP contribution in [0.5, 0.6) is 5.75 Å². The summed E-state index contributed by atoms with van der Waals surface area (Å²) in [5, 5.41) is 3.99. The molecule has 1 fully saturated rings. The Morgan fingerprint density at radius 3 is 3.06 bits per heavy atom. The van der Waals surface area contributed by atoms with E-state index < -0.39 is 0 Å². The van der Waals surface area contributed by atoms with Crippen LogP contribution in [-0.4, -0.2) is 17.9 Å². The van der Waals surface area contributed by atoms with Crippen molar-refractivity contribution >= 4 is 11.8 Å². The first-order chi connectivity index (χ1) is 8.16. The van der Waals surface area contributed by atoms with Crippen molar-refractivity contribution in [1.82, 2.24) is 5.32 Å². The molecule has 0 aromatic heterocycles. The van der Waals surface area contributed by atoms with Crippen LogP contribution in [0.4, 0.5) is 0 Å². The Morgan fingerprint density at radius 2 is 2.29 bits per heavy atom. The van der Waals surface area contributed by atoms with E-state index in [9.17, 15) is 0 Å². The first-order valence-electron chi connectivity index (χ1n) is 6.31. The Balaban J connectivity index is 1.94. The average Bonchev–Trinajstić information content (AvgIpc) is 2.63. The fourth-order valence-electron chi connectivity index (χ4n) is 2.61. The van der Waals surface area contributed by atoms with Gasteiger partial charge in [0.15, 0.2) is 0 Å². The summed E-state index contributed by atoms with van der Waals surface area (Å²) in [6.45, 7) is 5.45. The zero-order chi connectivity index (χ0) is 11.9. The highest BCUT2D eigenvalue weighted by atomic mass is 32.2. The van der Waals surface area contributed by atoms with Crippen LogP contribution in [0.1, 0.15) is 36.8 Å². The lowest BCUT2D eigenvalue weighted by molar-refractivity contribution is 0.137. The summed E-state index contributed by atoms with van der Waals surface area (Å²) in [5.41, 5.74) is 2.65. The first-order valence-corrected chi connectivity index (χ1v) is 7.36. The molecule has 1 atom stereocenters. The Hall–Kier alpha value is -0.670. The molecule has 0 saturated carbocycles. The van der Waals surface area contributed by atoms with Crippen molar-refractivity contribution < 1.29 is 4.74 Å². The topological polar surface area (TPSA) is 21.3 Å². The van der Waals surface area contributed by atoms with E-state index >= 15 is 0 Å². The van der Waals surface area contributed by atoms with E-state index in [1.807, 2.05) is 11.8 Å². The van der Waals surface area contributed by atoms with Gasteiger partial charge in [-0.1, -0.05) is 18.2 Å². The minimum atomic E-state index is -0.0439. The Kier molecular flexibility index (Phi) is 2.83. The third-order valence-corrected chi connectivity index (χ3v) is 4.62. The number of nitrogens with one attached hydrogen (secondary N) is 1. The van der Waals surface area contributed by atoms with E-state index in [4.69, 9.17) is 4.74 Å². The number of para-hydroxylation sites is 1. The molecule has 1 unspecified atom stereocenters. The Labute approximate surface area is 107 Å². The molecular weight excluding hydrogens is 230 g/mol. The van der Waals surface area contributed by atoms with Gasteiger partial charge in [-0.15, -0.1) is 11.8 Å². The maximum atomic E-state index is 6.13. The SMILES string of the molecule is CC1(C)Cc2cccc(C3NCCCS3)c2O1. The Morgan fingerprint density at radius 1 is 1.41 bits per heavy atom. The zero-order valence-corrected chi connectivity index (χ0v) is 11.3. The van der Waals surface area contributed by atoms with Gasteiger partial charge in [0, 0.05) is 12.0 Å². The molecule has 0 bridgehead atoms. The van der Waals surface area contributed by atoms with Gasteiger partial charge >= 0.3 is 0 Å². The quantitative estimate of drug-likeness (QED) is 0.826. The molecule has 1 aromatic carbocycles. The van der Waals surface area contributed by atoms with Crippen LogP contribution in [0, 0.1) is 0 Å². The zero-order valence-electron chi connectivity index (χ0n) is 10.5. The summed E-state index contributed by atoms with van der Waals surface area (Å²) in [6.07, 6.45) is 2.29. The summed E-state index contributed by atoms with van der Waals surface area (Å²) >= 11 is 1.99. The molecule has 3 rings (SSSR count). The molecule has 1 N–H and O–H groups in total. The monoisotopic (exact) mass is 249 g/mol.